The summed E-state index contributed by atoms with van der Waals surface area (Å²) in [5, 5.41) is 7.64. The average Bonchev–Trinajstić information content (AvgIpc) is 1.38. The van der Waals surface area contributed by atoms with Crippen LogP contribution in [0.3, 0.4) is 0 Å². The first-order chi connectivity index (χ1) is 2.27. The molecular weight excluding hydrogens is 94.5 g/mol. The zero-order valence-electron chi connectivity index (χ0n) is 2.49. The molecule has 1 unspecified atom stereocenters. The minimum atomic E-state index is -1.59. The van der Waals surface area contributed by atoms with Gasteiger partial charge in [0.15, 0.2) is 5.63 Å². The molecule has 0 radical (unpaired) electrons. The first kappa shape index (κ1) is 5.18. The van der Waals surface area contributed by atoms with Crippen LogP contribution in [0.25, 0.3) is 0 Å². The van der Waals surface area contributed by atoms with Gasteiger partial charge < -0.3 is 5.11 Å². The predicted molar refractivity (Wildman–Crippen MR) is 17.8 cm³/mol. The quantitative estimate of drug-likeness (QED) is 0.474. The second-order valence-corrected chi connectivity index (χ2v) is 1.05. The van der Waals surface area contributed by atoms with Gasteiger partial charge in [-0.25, -0.2) is 4.39 Å². The maximum Gasteiger partial charge on any atom is 0.196 e. The number of halogens is 2. The molecule has 3 heteroatoms. The fourth-order valence-electron chi connectivity index (χ4n) is 0. The lowest BCUT2D eigenvalue weighted by molar-refractivity contribution is 0.229. The normalized spacial score (nSPS) is 15.0. The van der Waals surface area contributed by atoms with Crippen LogP contribution in [0.1, 0.15) is 0 Å². The molecule has 0 aromatic heterocycles. The second-order valence-electron chi connectivity index (χ2n) is 0.574. The molecule has 0 fully saturated rings. The second kappa shape index (κ2) is 2.42. The van der Waals surface area contributed by atoms with Crippen molar-refractivity contribution in [2.45, 2.75) is 5.63 Å². The first-order valence-corrected chi connectivity index (χ1v) is 1.60. The zero-order chi connectivity index (χ0) is 4.28. The number of hydrogen-bond donors (Lipinski definition) is 1. The van der Waals surface area contributed by atoms with Crippen molar-refractivity contribution in [2.75, 3.05) is 6.61 Å². The topological polar surface area (TPSA) is 20.2 Å². The summed E-state index contributed by atoms with van der Waals surface area (Å²) in [4.78, 5) is 0. The lowest BCUT2D eigenvalue weighted by Crippen LogP contribution is -1.92. The van der Waals surface area contributed by atoms with Gasteiger partial charge in [-0.15, -0.1) is 0 Å². The van der Waals surface area contributed by atoms with Crippen molar-refractivity contribution >= 4 is 11.6 Å². The minimum Gasteiger partial charge on any atom is -0.392 e. The summed E-state index contributed by atoms with van der Waals surface area (Å²) in [5.41, 5.74) is -1.59. The third-order valence-electron chi connectivity index (χ3n) is 0.138. The zero-order valence-corrected chi connectivity index (χ0v) is 3.24. The molecule has 0 aliphatic carbocycles. The molecule has 1 N–H and O–H groups in total. The molecule has 0 spiro atoms. The number of hydrogen-bond acceptors (Lipinski definition) is 1. The van der Waals surface area contributed by atoms with E-state index in [4.69, 9.17) is 5.11 Å². The monoisotopic (exact) mass is 98.0 g/mol. The molecule has 0 amide bonds. The van der Waals surface area contributed by atoms with Crippen LogP contribution in [0, 0.1) is 0 Å². The van der Waals surface area contributed by atoms with Gasteiger partial charge in [-0.05, 0) is 0 Å². The Bertz CT molecular complexity index is 23.6. The summed E-state index contributed by atoms with van der Waals surface area (Å²) in [5.74, 6) is 0. The van der Waals surface area contributed by atoms with Gasteiger partial charge in [0.25, 0.3) is 0 Å². The minimum absolute atomic E-state index is 0.596. The van der Waals surface area contributed by atoms with Crippen molar-refractivity contribution in [2.24, 2.45) is 0 Å². The van der Waals surface area contributed by atoms with Crippen molar-refractivity contribution in [3.63, 3.8) is 0 Å². The number of alkyl halides is 2. The molecule has 0 aliphatic rings. The van der Waals surface area contributed by atoms with Gasteiger partial charge >= 0.3 is 0 Å². The van der Waals surface area contributed by atoms with Crippen LogP contribution in [-0.4, -0.2) is 17.3 Å². The molecule has 1 atom stereocenters. The number of aliphatic hydroxyl groups is 1. The third kappa shape index (κ3) is 4.18. The van der Waals surface area contributed by atoms with Crippen LogP contribution in [0.2, 0.25) is 0 Å². The Hall–Kier alpha value is 0.180. The summed E-state index contributed by atoms with van der Waals surface area (Å²) in [7, 11) is 0. The molecule has 5 heavy (non-hydrogen) atoms. The van der Waals surface area contributed by atoms with Gasteiger partial charge in [0.1, 0.15) is 0 Å². The highest BCUT2D eigenvalue weighted by Crippen LogP contribution is 1.90. The van der Waals surface area contributed by atoms with E-state index in [1.165, 1.54) is 0 Å². The van der Waals surface area contributed by atoms with Gasteiger partial charge in [0.2, 0.25) is 0 Å². The number of aliphatic hydroxyl groups excluding tert-OH is 1. The van der Waals surface area contributed by atoms with E-state index in [0.29, 0.717) is 0 Å². The SMILES string of the molecule is OCC(F)Cl. The van der Waals surface area contributed by atoms with Crippen LogP contribution in [-0.2, 0) is 0 Å². The van der Waals surface area contributed by atoms with Crippen LogP contribution < -0.4 is 0 Å². The third-order valence-corrected chi connectivity index (χ3v) is 0.276. The smallest absolute Gasteiger partial charge is 0.196 e. The van der Waals surface area contributed by atoms with E-state index in [-0.39, 0.29) is 0 Å². The van der Waals surface area contributed by atoms with Crippen LogP contribution >= 0.6 is 11.6 Å². The van der Waals surface area contributed by atoms with Crippen molar-refractivity contribution in [1.29, 1.82) is 0 Å². The fourth-order valence-corrected chi connectivity index (χ4v) is 0. The standard InChI is InChI=1S/C2H4ClFO/c3-2(4)1-5/h2,5H,1H2. The van der Waals surface area contributed by atoms with Crippen molar-refractivity contribution in [3.05, 3.63) is 0 Å². The Labute approximate surface area is 34.4 Å². The summed E-state index contributed by atoms with van der Waals surface area (Å²) in [6, 6.07) is 0. The van der Waals surface area contributed by atoms with E-state index < -0.39 is 12.2 Å². The Morgan fingerprint density at radius 3 is 2.20 bits per heavy atom. The Morgan fingerprint density at radius 2 is 2.20 bits per heavy atom. The molecule has 0 saturated heterocycles. The van der Waals surface area contributed by atoms with E-state index in [9.17, 15) is 4.39 Å². The largest absolute Gasteiger partial charge is 0.392 e. The summed E-state index contributed by atoms with van der Waals surface area (Å²) < 4.78 is 10.9. The van der Waals surface area contributed by atoms with Gasteiger partial charge in [-0.3, -0.25) is 0 Å². The summed E-state index contributed by atoms with van der Waals surface area (Å²) >= 11 is 4.55. The van der Waals surface area contributed by atoms with E-state index in [2.05, 4.69) is 11.6 Å². The van der Waals surface area contributed by atoms with Gasteiger partial charge in [-0.1, -0.05) is 11.6 Å². The van der Waals surface area contributed by atoms with Crippen LogP contribution in [0.4, 0.5) is 4.39 Å². The highest BCUT2D eigenvalue weighted by molar-refractivity contribution is 6.19. The summed E-state index contributed by atoms with van der Waals surface area (Å²) in [6.07, 6.45) is 0. The Morgan fingerprint density at radius 1 is 2.00 bits per heavy atom. The van der Waals surface area contributed by atoms with Crippen molar-refractivity contribution < 1.29 is 9.50 Å². The molecule has 0 heterocycles. The molecule has 0 aromatic rings. The van der Waals surface area contributed by atoms with Crippen molar-refractivity contribution in [3.8, 4) is 0 Å². The van der Waals surface area contributed by atoms with Crippen LogP contribution in [0.5, 0.6) is 0 Å². The predicted octanol–water partition coefficient (Wildman–Crippen LogP) is 0.513. The lowest BCUT2D eigenvalue weighted by atomic mass is 10.8. The molecular formula is C2H4ClFO. The molecule has 0 aromatic carbocycles. The highest BCUT2D eigenvalue weighted by Gasteiger charge is 1.90. The lowest BCUT2D eigenvalue weighted by Gasteiger charge is -1.82. The van der Waals surface area contributed by atoms with Crippen molar-refractivity contribution in [1.82, 2.24) is 0 Å². The molecule has 0 saturated carbocycles. The molecule has 0 bridgehead atoms. The summed E-state index contributed by atoms with van der Waals surface area (Å²) in [6.45, 7) is -0.596. The Kier molecular flexibility index (Phi) is 2.51. The van der Waals surface area contributed by atoms with E-state index in [1.807, 2.05) is 0 Å². The maximum absolute atomic E-state index is 10.9. The Balaban J connectivity index is 2.54. The molecule has 1 nitrogen and oxygen atoms in total. The van der Waals surface area contributed by atoms with Crippen LogP contribution in [0.15, 0.2) is 0 Å². The van der Waals surface area contributed by atoms with Gasteiger partial charge in [-0.2, -0.15) is 0 Å². The highest BCUT2D eigenvalue weighted by atomic mass is 35.5. The first-order valence-electron chi connectivity index (χ1n) is 1.16. The molecule has 0 aliphatic heterocycles. The fraction of sp³-hybridized carbons (Fsp3) is 1.00. The van der Waals surface area contributed by atoms with E-state index >= 15 is 0 Å². The molecule has 0 rings (SSSR count). The van der Waals surface area contributed by atoms with E-state index in [1.54, 1.807) is 0 Å². The van der Waals surface area contributed by atoms with Gasteiger partial charge in [0.05, 0.1) is 6.61 Å². The van der Waals surface area contributed by atoms with E-state index in [0.717, 1.165) is 0 Å². The average molecular weight is 98.5 g/mol. The maximum atomic E-state index is 10.9. The molecule has 32 valence electrons. The van der Waals surface area contributed by atoms with Gasteiger partial charge in [0, 0.05) is 0 Å². The number of rotatable bonds is 1.